The van der Waals surface area contributed by atoms with Crippen LogP contribution in [0.4, 0.5) is 11.4 Å². The van der Waals surface area contributed by atoms with Crippen LogP contribution in [0.2, 0.25) is 0 Å². The van der Waals surface area contributed by atoms with Crippen LogP contribution in [0.5, 0.6) is 0 Å². The van der Waals surface area contributed by atoms with Crippen LogP contribution in [0.15, 0.2) is 29.6 Å². The summed E-state index contributed by atoms with van der Waals surface area (Å²) in [5, 5.41) is 2.65. The van der Waals surface area contributed by atoms with Crippen molar-refractivity contribution in [3.8, 4) is 0 Å². The number of nitrogens with zero attached hydrogens (tertiary/aromatic N) is 2. The van der Waals surface area contributed by atoms with E-state index in [4.69, 9.17) is 5.73 Å². The number of thiazole rings is 1. The first kappa shape index (κ1) is 11.6. The standard InChI is InChI=1S/C12H13N3OS/c1-8-14-11(7-17-8)12(16)15(2)10-5-3-4-9(13)6-10/h3-7H,13H2,1-2H3. The molecule has 0 unspecified atom stereocenters. The molecule has 4 nitrogen and oxygen atoms in total. The zero-order valence-corrected chi connectivity index (χ0v) is 10.5. The van der Waals surface area contributed by atoms with Crippen molar-refractivity contribution in [2.24, 2.45) is 0 Å². The first-order valence-electron chi connectivity index (χ1n) is 5.13. The van der Waals surface area contributed by atoms with Gasteiger partial charge >= 0.3 is 0 Å². The summed E-state index contributed by atoms with van der Waals surface area (Å²) in [4.78, 5) is 17.8. The lowest BCUT2D eigenvalue weighted by atomic mass is 10.2. The largest absolute Gasteiger partial charge is 0.399 e. The van der Waals surface area contributed by atoms with E-state index in [1.807, 2.05) is 19.1 Å². The van der Waals surface area contributed by atoms with E-state index in [1.54, 1.807) is 29.5 Å². The number of hydrogen-bond acceptors (Lipinski definition) is 4. The fourth-order valence-corrected chi connectivity index (χ4v) is 2.07. The number of hydrogen-bond donors (Lipinski definition) is 1. The van der Waals surface area contributed by atoms with Crippen LogP contribution < -0.4 is 10.6 Å². The summed E-state index contributed by atoms with van der Waals surface area (Å²) >= 11 is 1.47. The second kappa shape index (κ2) is 4.55. The molecule has 5 heteroatoms. The Kier molecular flexibility index (Phi) is 3.10. The third-order valence-corrected chi connectivity index (χ3v) is 3.17. The summed E-state index contributed by atoms with van der Waals surface area (Å²) in [6.07, 6.45) is 0. The molecule has 2 aromatic rings. The van der Waals surface area contributed by atoms with E-state index in [-0.39, 0.29) is 5.91 Å². The van der Waals surface area contributed by atoms with Crippen LogP contribution >= 0.6 is 11.3 Å². The topological polar surface area (TPSA) is 59.2 Å². The third-order valence-electron chi connectivity index (χ3n) is 2.40. The van der Waals surface area contributed by atoms with Gasteiger partial charge in [0.05, 0.1) is 5.01 Å². The number of rotatable bonds is 2. The average molecular weight is 247 g/mol. The Labute approximate surface area is 104 Å². The van der Waals surface area contributed by atoms with Gasteiger partial charge < -0.3 is 10.6 Å². The van der Waals surface area contributed by atoms with Crippen molar-refractivity contribution < 1.29 is 4.79 Å². The van der Waals surface area contributed by atoms with Crippen molar-refractivity contribution in [2.75, 3.05) is 17.7 Å². The predicted octanol–water partition coefficient (Wildman–Crippen LogP) is 2.31. The van der Waals surface area contributed by atoms with Gasteiger partial charge in [0.25, 0.3) is 5.91 Å². The molecule has 1 amide bonds. The lowest BCUT2D eigenvalue weighted by Crippen LogP contribution is -2.26. The number of nitrogen functional groups attached to an aromatic ring is 1. The normalized spacial score (nSPS) is 10.2. The predicted molar refractivity (Wildman–Crippen MR) is 70.4 cm³/mol. The second-order valence-corrected chi connectivity index (χ2v) is 4.77. The number of amides is 1. The molecule has 0 fully saturated rings. The number of aryl methyl sites for hydroxylation is 1. The van der Waals surface area contributed by atoms with Crippen LogP contribution in [0.25, 0.3) is 0 Å². The fraction of sp³-hybridized carbons (Fsp3) is 0.167. The van der Waals surface area contributed by atoms with E-state index in [1.165, 1.54) is 11.3 Å². The van der Waals surface area contributed by atoms with Crippen molar-refractivity contribution in [1.82, 2.24) is 4.98 Å². The molecule has 0 atom stereocenters. The fourth-order valence-electron chi connectivity index (χ4n) is 1.48. The molecule has 1 aromatic carbocycles. The van der Waals surface area contributed by atoms with E-state index in [9.17, 15) is 4.79 Å². The Morgan fingerprint density at radius 3 is 2.82 bits per heavy atom. The van der Waals surface area contributed by atoms with Gasteiger partial charge in [-0.3, -0.25) is 4.79 Å². The number of nitrogens with two attached hydrogens (primary N) is 1. The summed E-state index contributed by atoms with van der Waals surface area (Å²) in [5.74, 6) is -0.125. The van der Waals surface area contributed by atoms with E-state index in [2.05, 4.69) is 4.98 Å². The summed E-state index contributed by atoms with van der Waals surface area (Å²) < 4.78 is 0. The quantitative estimate of drug-likeness (QED) is 0.828. The van der Waals surface area contributed by atoms with E-state index in [0.29, 0.717) is 11.4 Å². The molecule has 0 aliphatic carbocycles. The zero-order valence-electron chi connectivity index (χ0n) is 9.68. The number of carbonyl (C=O) groups excluding carboxylic acids is 1. The Bertz CT molecular complexity index is 550. The maximum atomic E-state index is 12.1. The Balaban J connectivity index is 2.26. The molecule has 0 spiro atoms. The molecule has 0 aliphatic heterocycles. The van der Waals surface area contributed by atoms with Gasteiger partial charge in [-0.05, 0) is 25.1 Å². The molecule has 0 bridgehead atoms. The molecule has 0 radical (unpaired) electrons. The Hall–Kier alpha value is -1.88. The van der Waals surface area contributed by atoms with Gasteiger partial charge in [-0.15, -0.1) is 11.3 Å². The van der Waals surface area contributed by atoms with Crippen LogP contribution in [0.1, 0.15) is 15.5 Å². The van der Waals surface area contributed by atoms with E-state index in [0.717, 1.165) is 10.7 Å². The first-order valence-corrected chi connectivity index (χ1v) is 6.01. The van der Waals surface area contributed by atoms with Crippen LogP contribution in [0, 0.1) is 6.92 Å². The molecule has 0 saturated heterocycles. The summed E-state index contributed by atoms with van der Waals surface area (Å²) in [5.41, 5.74) is 7.56. The van der Waals surface area contributed by atoms with Crippen LogP contribution in [0.3, 0.4) is 0 Å². The van der Waals surface area contributed by atoms with Gasteiger partial charge in [0, 0.05) is 23.8 Å². The van der Waals surface area contributed by atoms with Gasteiger partial charge in [-0.25, -0.2) is 4.98 Å². The van der Waals surface area contributed by atoms with Gasteiger partial charge in [0.2, 0.25) is 0 Å². The smallest absolute Gasteiger partial charge is 0.277 e. The van der Waals surface area contributed by atoms with Crippen molar-refractivity contribution in [1.29, 1.82) is 0 Å². The summed E-state index contributed by atoms with van der Waals surface area (Å²) in [7, 11) is 1.71. The van der Waals surface area contributed by atoms with Crippen molar-refractivity contribution in [3.63, 3.8) is 0 Å². The summed E-state index contributed by atoms with van der Waals surface area (Å²) in [6.45, 7) is 1.88. The highest BCUT2D eigenvalue weighted by Gasteiger charge is 2.16. The van der Waals surface area contributed by atoms with Crippen molar-refractivity contribution >= 4 is 28.6 Å². The van der Waals surface area contributed by atoms with Gasteiger partial charge in [-0.2, -0.15) is 0 Å². The monoisotopic (exact) mass is 247 g/mol. The number of anilines is 2. The maximum absolute atomic E-state index is 12.1. The van der Waals surface area contributed by atoms with E-state index < -0.39 is 0 Å². The van der Waals surface area contributed by atoms with Crippen molar-refractivity contribution in [2.45, 2.75) is 6.92 Å². The van der Waals surface area contributed by atoms with E-state index >= 15 is 0 Å². The first-order chi connectivity index (χ1) is 8.08. The lowest BCUT2D eigenvalue weighted by molar-refractivity contribution is 0.0989. The molecular formula is C12H13N3OS. The number of aromatic nitrogens is 1. The minimum absolute atomic E-state index is 0.125. The molecule has 0 aliphatic rings. The molecule has 0 saturated carbocycles. The molecule has 2 N–H and O–H groups in total. The van der Waals surface area contributed by atoms with Gasteiger partial charge in [0.1, 0.15) is 5.69 Å². The number of carbonyl (C=O) groups is 1. The SMILES string of the molecule is Cc1nc(C(=O)N(C)c2cccc(N)c2)cs1. The maximum Gasteiger partial charge on any atom is 0.277 e. The van der Waals surface area contributed by atoms with Crippen LogP contribution in [-0.4, -0.2) is 17.9 Å². The minimum Gasteiger partial charge on any atom is -0.399 e. The van der Waals surface area contributed by atoms with Crippen LogP contribution in [-0.2, 0) is 0 Å². The highest BCUT2D eigenvalue weighted by atomic mass is 32.1. The minimum atomic E-state index is -0.125. The molecule has 17 heavy (non-hydrogen) atoms. The van der Waals surface area contributed by atoms with Gasteiger partial charge in [0.15, 0.2) is 0 Å². The average Bonchev–Trinajstić information content (AvgIpc) is 2.74. The van der Waals surface area contributed by atoms with Gasteiger partial charge in [-0.1, -0.05) is 6.07 Å². The molecule has 88 valence electrons. The molecular weight excluding hydrogens is 234 g/mol. The molecule has 1 heterocycles. The zero-order chi connectivity index (χ0) is 12.4. The molecule has 2 rings (SSSR count). The summed E-state index contributed by atoms with van der Waals surface area (Å²) in [6, 6.07) is 7.21. The number of benzene rings is 1. The highest BCUT2D eigenvalue weighted by molar-refractivity contribution is 7.09. The Morgan fingerprint density at radius 2 is 2.24 bits per heavy atom. The highest BCUT2D eigenvalue weighted by Crippen LogP contribution is 2.19. The molecule has 1 aromatic heterocycles. The lowest BCUT2D eigenvalue weighted by Gasteiger charge is -2.16. The Morgan fingerprint density at radius 1 is 1.47 bits per heavy atom. The third kappa shape index (κ3) is 2.45. The van der Waals surface area contributed by atoms with Crippen molar-refractivity contribution in [3.05, 3.63) is 40.3 Å². The second-order valence-electron chi connectivity index (χ2n) is 3.71.